The number of esters is 1. The number of aliphatic hydroxyl groups excluding tert-OH is 7. The van der Waals surface area contributed by atoms with Gasteiger partial charge < -0.3 is 64.2 Å². The number of ether oxygens (including phenoxy) is 6. The second-order valence-corrected chi connectivity index (χ2v) is 13.8. The summed E-state index contributed by atoms with van der Waals surface area (Å²) in [5.74, 6) is -0.392. The fourth-order valence-electron chi connectivity index (χ4n) is 5.99. The van der Waals surface area contributed by atoms with Crippen LogP contribution in [-0.2, 0) is 33.2 Å². The van der Waals surface area contributed by atoms with Crippen LogP contribution in [0.3, 0.4) is 0 Å². The van der Waals surface area contributed by atoms with Crippen molar-refractivity contribution >= 4 is 5.97 Å². The van der Waals surface area contributed by atoms with E-state index >= 15 is 0 Å². The molecule has 14 nitrogen and oxygen atoms in total. The normalized spacial score (nSPS) is 30.5. The largest absolute Gasteiger partial charge is 0.457 e. The highest BCUT2D eigenvalue weighted by Crippen LogP contribution is 2.26. The van der Waals surface area contributed by atoms with Crippen molar-refractivity contribution in [3.8, 4) is 0 Å². The van der Waals surface area contributed by atoms with Gasteiger partial charge in [0, 0.05) is 13.0 Å². The van der Waals surface area contributed by atoms with E-state index in [0.717, 1.165) is 64.2 Å². The molecule has 11 atom stereocenters. The lowest BCUT2D eigenvalue weighted by Gasteiger charge is -2.42. The van der Waals surface area contributed by atoms with E-state index in [4.69, 9.17) is 28.4 Å². The molecular formula is C37H68O14. The van der Waals surface area contributed by atoms with Crippen molar-refractivity contribution in [3.05, 3.63) is 12.2 Å². The van der Waals surface area contributed by atoms with E-state index < -0.39 is 86.7 Å². The van der Waals surface area contributed by atoms with E-state index in [1.165, 1.54) is 25.7 Å². The topological polar surface area (TPSA) is 214 Å². The number of carbonyl (C=O) groups is 1. The van der Waals surface area contributed by atoms with Gasteiger partial charge in [0.15, 0.2) is 12.6 Å². The minimum Gasteiger partial charge on any atom is -0.457 e. The summed E-state index contributed by atoms with van der Waals surface area (Å²) in [5, 5.41) is 71.4. The Kier molecular flexibility index (Phi) is 24.6. The highest BCUT2D eigenvalue weighted by molar-refractivity contribution is 5.69. The van der Waals surface area contributed by atoms with Gasteiger partial charge in [-0.25, -0.2) is 0 Å². The Hall–Kier alpha value is -1.27. The number of unbranched alkanes of at least 4 members (excludes halogenated alkanes) is 12. The van der Waals surface area contributed by atoms with Crippen LogP contribution in [0.5, 0.6) is 0 Å². The molecule has 2 rings (SSSR count). The first-order chi connectivity index (χ1) is 24.6. The highest BCUT2D eigenvalue weighted by atomic mass is 16.7. The molecule has 51 heavy (non-hydrogen) atoms. The molecule has 2 aliphatic rings. The minimum atomic E-state index is -1.70. The first-order valence-corrected chi connectivity index (χ1v) is 19.3. The predicted molar refractivity (Wildman–Crippen MR) is 187 cm³/mol. The van der Waals surface area contributed by atoms with Crippen molar-refractivity contribution < 1.29 is 69.0 Å². The summed E-state index contributed by atoms with van der Waals surface area (Å²) in [6.45, 7) is 3.53. The van der Waals surface area contributed by atoms with Gasteiger partial charge in [-0.05, 0) is 32.1 Å². The average Bonchev–Trinajstić information content (AvgIpc) is 3.12. The summed E-state index contributed by atoms with van der Waals surface area (Å²) in [6.07, 6.45) is 4.66. The lowest BCUT2D eigenvalue weighted by Crippen LogP contribution is -2.61. The molecule has 14 heteroatoms. The van der Waals surface area contributed by atoms with Gasteiger partial charge in [-0.15, -0.1) is 0 Å². The van der Waals surface area contributed by atoms with Gasteiger partial charge in [0.25, 0.3) is 0 Å². The molecular weight excluding hydrogens is 668 g/mol. The van der Waals surface area contributed by atoms with Crippen molar-refractivity contribution in [2.24, 2.45) is 0 Å². The maximum absolute atomic E-state index is 12.8. The summed E-state index contributed by atoms with van der Waals surface area (Å²) in [7, 11) is 0. The molecule has 0 amide bonds. The van der Waals surface area contributed by atoms with Crippen LogP contribution in [0.4, 0.5) is 0 Å². The standard InChI is InChI=1S/C37H68O14/c1-3-5-7-9-11-12-13-14-16-18-20-29(39)49-26(23-46-21-19-17-15-10-8-6-4-2)24-47-36-35(45)33(43)31(41)28(51-36)25-48-37-34(44)32(42)30(40)27(22-38)50-37/h7,9,26-28,30-38,40-45H,3-6,8,10-25H2,1-2H3/b9-7-. The van der Waals surface area contributed by atoms with Crippen molar-refractivity contribution in [2.45, 2.75) is 184 Å². The lowest BCUT2D eigenvalue weighted by molar-refractivity contribution is -0.332. The summed E-state index contributed by atoms with van der Waals surface area (Å²) >= 11 is 0. The van der Waals surface area contributed by atoms with Crippen LogP contribution < -0.4 is 0 Å². The Morgan fingerprint density at radius 3 is 1.86 bits per heavy atom. The van der Waals surface area contributed by atoms with Crippen LogP contribution in [0.15, 0.2) is 12.2 Å². The monoisotopic (exact) mass is 736 g/mol. The number of aliphatic hydroxyl groups is 7. The molecule has 11 unspecified atom stereocenters. The van der Waals surface area contributed by atoms with Gasteiger partial charge in [0.05, 0.1) is 26.4 Å². The number of allylic oxidation sites excluding steroid dienone is 2. The van der Waals surface area contributed by atoms with E-state index in [2.05, 4.69) is 26.0 Å². The summed E-state index contributed by atoms with van der Waals surface area (Å²) in [4.78, 5) is 12.8. The molecule has 0 aliphatic carbocycles. The first kappa shape index (κ1) is 45.9. The number of carbonyl (C=O) groups excluding carboxylic acids is 1. The molecule has 7 N–H and O–H groups in total. The Bertz CT molecular complexity index is 907. The van der Waals surface area contributed by atoms with Gasteiger partial charge in [-0.2, -0.15) is 0 Å². The highest BCUT2D eigenvalue weighted by Gasteiger charge is 2.47. The maximum Gasteiger partial charge on any atom is 0.306 e. The molecule has 0 spiro atoms. The van der Waals surface area contributed by atoms with E-state index in [0.29, 0.717) is 13.0 Å². The minimum absolute atomic E-state index is 0.0603. The zero-order valence-corrected chi connectivity index (χ0v) is 30.8. The fraction of sp³-hybridized carbons (Fsp3) is 0.919. The van der Waals surface area contributed by atoms with Crippen molar-refractivity contribution in [1.29, 1.82) is 0 Å². The number of hydrogen-bond acceptors (Lipinski definition) is 14. The number of rotatable bonds is 28. The first-order valence-electron chi connectivity index (χ1n) is 19.3. The molecule has 2 fully saturated rings. The maximum atomic E-state index is 12.8. The van der Waals surface area contributed by atoms with E-state index in [1.54, 1.807) is 0 Å². The molecule has 0 saturated carbocycles. The second-order valence-electron chi connectivity index (χ2n) is 13.8. The van der Waals surface area contributed by atoms with E-state index in [-0.39, 0.29) is 19.6 Å². The van der Waals surface area contributed by atoms with Gasteiger partial charge in [-0.1, -0.05) is 90.2 Å². The molecule has 0 aromatic carbocycles. The third-order valence-corrected chi connectivity index (χ3v) is 9.26. The van der Waals surface area contributed by atoms with E-state index in [9.17, 15) is 40.5 Å². The van der Waals surface area contributed by atoms with Crippen LogP contribution in [0, 0.1) is 0 Å². The van der Waals surface area contributed by atoms with Gasteiger partial charge in [-0.3, -0.25) is 4.79 Å². The van der Waals surface area contributed by atoms with Gasteiger partial charge in [0.2, 0.25) is 0 Å². The lowest BCUT2D eigenvalue weighted by atomic mass is 9.98. The Morgan fingerprint density at radius 2 is 1.20 bits per heavy atom. The summed E-state index contributed by atoms with van der Waals surface area (Å²) in [6, 6.07) is 0. The van der Waals surface area contributed by atoms with Crippen LogP contribution in [0.2, 0.25) is 0 Å². The fourth-order valence-corrected chi connectivity index (χ4v) is 5.99. The Morgan fingerprint density at radius 1 is 0.627 bits per heavy atom. The van der Waals surface area contributed by atoms with Crippen LogP contribution in [-0.4, -0.2) is 142 Å². The summed E-state index contributed by atoms with van der Waals surface area (Å²) < 4.78 is 33.8. The Labute approximate surface area is 304 Å². The van der Waals surface area contributed by atoms with Crippen LogP contribution in [0.1, 0.15) is 117 Å². The van der Waals surface area contributed by atoms with Crippen LogP contribution >= 0.6 is 0 Å². The predicted octanol–water partition coefficient (Wildman–Crippen LogP) is 2.39. The van der Waals surface area contributed by atoms with Gasteiger partial charge in [0.1, 0.15) is 54.9 Å². The van der Waals surface area contributed by atoms with E-state index in [1.807, 2.05) is 0 Å². The molecule has 2 saturated heterocycles. The van der Waals surface area contributed by atoms with Crippen molar-refractivity contribution in [3.63, 3.8) is 0 Å². The summed E-state index contributed by atoms with van der Waals surface area (Å²) in [5.41, 5.74) is 0. The molecule has 0 bridgehead atoms. The molecule has 2 heterocycles. The molecule has 0 aromatic rings. The quantitative estimate of drug-likeness (QED) is 0.0349. The zero-order valence-electron chi connectivity index (χ0n) is 30.8. The number of hydrogen-bond donors (Lipinski definition) is 7. The molecule has 0 aromatic heterocycles. The zero-order chi connectivity index (χ0) is 37.4. The van der Waals surface area contributed by atoms with Gasteiger partial charge >= 0.3 is 5.97 Å². The third-order valence-electron chi connectivity index (χ3n) is 9.26. The second kappa shape index (κ2) is 27.3. The molecule has 300 valence electrons. The SMILES string of the molecule is CCC/C=C\CCCCCCCC(=O)OC(COCCCCCCCCC)COC1OC(COC2OC(CO)C(O)C(O)C2O)C(O)C(O)C1O. The van der Waals surface area contributed by atoms with Crippen LogP contribution in [0.25, 0.3) is 0 Å². The van der Waals surface area contributed by atoms with Crippen molar-refractivity contribution in [1.82, 2.24) is 0 Å². The molecule has 0 radical (unpaired) electrons. The smallest absolute Gasteiger partial charge is 0.306 e. The molecule has 2 aliphatic heterocycles. The Balaban J connectivity index is 1.88. The van der Waals surface area contributed by atoms with Crippen molar-refractivity contribution in [2.75, 3.05) is 33.0 Å². The average molecular weight is 737 g/mol. The third kappa shape index (κ3) is 17.6.